The van der Waals surface area contributed by atoms with E-state index >= 15 is 0 Å². The largest absolute Gasteiger partial charge is 0.350 e. The molecule has 0 aliphatic carbocycles. The van der Waals surface area contributed by atoms with E-state index in [4.69, 9.17) is 9.47 Å². The summed E-state index contributed by atoms with van der Waals surface area (Å²) < 4.78 is 11.2. The molecule has 2 saturated heterocycles. The van der Waals surface area contributed by atoms with Gasteiger partial charge in [-0.3, -0.25) is 4.79 Å². The molecule has 0 N–H and O–H groups in total. The summed E-state index contributed by atoms with van der Waals surface area (Å²) in [6.45, 7) is 8.66. The first-order valence-corrected chi connectivity index (χ1v) is 9.57. The summed E-state index contributed by atoms with van der Waals surface area (Å²) in [5.41, 5.74) is 4.26. The van der Waals surface area contributed by atoms with Crippen LogP contribution in [0.2, 0.25) is 0 Å². The van der Waals surface area contributed by atoms with E-state index in [0.717, 1.165) is 24.1 Å². The van der Waals surface area contributed by atoms with Crippen molar-refractivity contribution in [1.82, 2.24) is 19.9 Å². The topological polar surface area (TPSA) is 69.5 Å². The third kappa shape index (κ3) is 3.61. The van der Waals surface area contributed by atoms with Crippen LogP contribution in [-0.2, 0) is 9.47 Å². The molecular weight excluding hydrogens is 344 g/mol. The maximum atomic E-state index is 13.0. The molecule has 1 aromatic carbocycles. The smallest absolute Gasteiger partial charge is 0.276 e. The second-order valence-electron chi connectivity index (χ2n) is 7.45. The molecule has 1 aromatic heterocycles. The van der Waals surface area contributed by atoms with Gasteiger partial charge in [0.1, 0.15) is 0 Å². The van der Waals surface area contributed by atoms with Crippen LogP contribution in [0.3, 0.4) is 0 Å². The number of carbonyl (C=O) groups excluding carboxylic acids is 1. The molecule has 4 rings (SSSR count). The molecule has 3 heterocycles. The van der Waals surface area contributed by atoms with Crippen molar-refractivity contribution in [2.45, 2.75) is 39.9 Å². The summed E-state index contributed by atoms with van der Waals surface area (Å²) in [7, 11) is 0. The molecule has 7 heteroatoms. The first-order chi connectivity index (χ1) is 13.0. The highest BCUT2D eigenvalue weighted by molar-refractivity contribution is 5.93. The van der Waals surface area contributed by atoms with Gasteiger partial charge in [0, 0.05) is 19.0 Å². The average molecular weight is 370 g/mol. The van der Waals surface area contributed by atoms with Crippen molar-refractivity contribution in [2.75, 3.05) is 26.3 Å². The lowest BCUT2D eigenvalue weighted by Gasteiger charge is -2.33. The third-order valence-electron chi connectivity index (χ3n) is 5.41. The number of likely N-dealkylation sites (tertiary alicyclic amines) is 1. The Balaban J connectivity index is 1.47. The van der Waals surface area contributed by atoms with Gasteiger partial charge in [0.2, 0.25) is 0 Å². The summed E-state index contributed by atoms with van der Waals surface area (Å²) in [4.78, 5) is 16.4. The van der Waals surface area contributed by atoms with Crippen LogP contribution in [0.25, 0.3) is 5.69 Å². The van der Waals surface area contributed by atoms with Gasteiger partial charge in [-0.1, -0.05) is 17.7 Å². The normalized spacial score (nSPS) is 19.0. The molecule has 144 valence electrons. The Morgan fingerprint density at radius 3 is 2.44 bits per heavy atom. The lowest BCUT2D eigenvalue weighted by molar-refractivity contribution is -0.0956. The van der Waals surface area contributed by atoms with Crippen LogP contribution in [0.15, 0.2) is 18.2 Å². The van der Waals surface area contributed by atoms with Gasteiger partial charge in [0.25, 0.3) is 5.91 Å². The van der Waals surface area contributed by atoms with Gasteiger partial charge >= 0.3 is 0 Å². The van der Waals surface area contributed by atoms with Crippen molar-refractivity contribution in [3.8, 4) is 5.69 Å². The van der Waals surface area contributed by atoms with Crippen LogP contribution >= 0.6 is 0 Å². The fourth-order valence-corrected chi connectivity index (χ4v) is 3.89. The number of carbonyl (C=O) groups is 1. The SMILES string of the molecule is Cc1ccc(-n2nc(C)c(C(=O)N3CCC(C4OCCO4)CC3)n2)c(C)c1. The number of piperidine rings is 1. The van der Waals surface area contributed by atoms with Crippen molar-refractivity contribution >= 4 is 5.91 Å². The van der Waals surface area contributed by atoms with Crippen molar-refractivity contribution in [1.29, 1.82) is 0 Å². The molecule has 1 amide bonds. The van der Waals surface area contributed by atoms with E-state index in [1.165, 1.54) is 5.56 Å². The van der Waals surface area contributed by atoms with E-state index in [1.54, 1.807) is 4.80 Å². The number of hydrogen-bond donors (Lipinski definition) is 0. The molecule has 0 spiro atoms. The van der Waals surface area contributed by atoms with Crippen LogP contribution in [-0.4, -0.2) is 58.4 Å². The van der Waals surface area contributed by atoms with E-state index < -0.39 is 0 Å². The predicted octanol–water partition coefficient (Wildman–Crippen LogP) is 2.42. The molecule has 0 atom stereocenters. The summed E-state index contributed by atoms with van der Waals surface area (Å²) in [5, 5.41) is 8.99. The predicted molar refractivity (Wildman–Crippen MR) is 99.9 cm³/mol. The Bertz CT molecular complexity index is 834. The number of nitrogens with zero attached hydrogens (tertiary/aromatic N) is 4. The maximum Gasteiger partial charge on any atom is 0.276 e. The maximum absolute atomic E-state index is 13.0. The second kappa shape index (κ2) is 7.40. The van der Waals surface area contributed by atoms with Gasteiger partial charge in [0.15, 0.2) is 12.0 Å². The number of rotatable bonds is 3. The molecule has 2 aliphatic rings. The van der Waals surface area contributed by atoms with Crippen LogP contribution in [0.5, 0.6) is 0 Å². The van der Waals surface area contributed by atoms with Gasteiger partial charge in [-0.2, -0.15) is 9.90 Å². The standard InChI is InChI=1S/C20H26N4O3/c1-13-4-5-17(14(2)12-13)24-21-15(3)18(22-24)19(25)23-8-6-16(7-9-23)20-26-10-11-27-20/h4-5,12,16,20H,6-11H2,1-3H3. The van der Waals surface area contributed by atoms with E-state index in [9.17, 15) is 4.79 Å². The van der Waals surface area contributed by atoms with Gasteiger partial charge in [-0.05, 0) is 45.2 Å². The number of hydrogen-bond acceptors (Lipinski definition) is 5. The first-order valence-electron chi connectivity index (χ1n) is 9.57. The van der Waals surface area contributed by atoms with Crippen LogP contribution < -0.4 is 0 Å². The lowest BCUT2D eigenvalue weighted by Crippen LogP contribution is -2.41. The minimum Gasteiger partial charge on any atom is -0.350 e. The van der Waals surface area contributed by atoms with E-state index in [-0.39, 0.29) is 12.2 Å². The molecule has 0 saturated carbocycles. The number of amides is 1. The Kier molecular flexibility index (Phi) is 4.97. The minimum absolute atomic E-state index is 0.0461. The molecule has 0 unspecified atom stereocenters. The molecule has 27 heavy (non-hydrogen) atoms. The molecule has 7 nitrogen and oxygen atoms in total. The monoisotopic (exact) mass is 370 g/mol. The molecule has 0 bridgehead atoms. The van der Waals surface area contributed by atoms with Crippen LogP contribution in [0, 0.1) is 26.7 Å². The summed E-state index contributed by atoms with van der Waals surface area (Å²) in [5.74, 6) is 0.318. The summed E-state index contributed by atoms with van der Waals surface area (Å²) >= 11 is 0. The van der Waals surface area contributed by atoms with E-state index in [2.05, 4.69) is 23.2 Å². The number of aryl methyl sites for hydroxylation is 3. The van der Waals surface area contributed by atoms with Crippen LogP contribution in [0.4, 0.5) is 0 Å². The zero-order valence-corrected chi connectivity index (χ0v) is 16.1. The fourth-order valence-electron chi connectivity index (χ4n) is 3.89. The summed E-state index contributed by atoms with van der Waals surface area (Å²) in [6.07, 6.45) is 1.68. The highest BCUT2D eigenvalue weighted by Gasteiger charge is 2.33. The minimum atomic E-state index is -0.102. The lowest BCUT2D eigenvalue weighted by atomic mass is 9.96. The Morgan fingerprint density at radius 2 is 1.78 bits per heavy atom. The second-order valence-corrected chi connectivity index (χ2v) is 7.45. The molecule has 2 aliphatic heterocycles. The zero-order valence-electron chi connectivity index (χ0n) is 16.1. The van der Waals surface area contributed by atoms with Crippen molar-refractivity contribution in [3.63, 3.8) is 0 Å². The molecular formula is C20H26N4O3. The average Bonchev–Trinajstić information content (AvgIpc) is 3.31. The zero-order chi connectivity index (χ0) is 19.0. The van der Waals surface area contributed by atoms with Gasteiger partial charge < -0.3 is 14.4 Å². The van der Waals surface area contributed by atoms with Gasteiger partial charge in [-0.15, -0.1) is 5.10 Å². The molecule has 2 aromatic rings. The molecule has 0 radical (unpaired) electrons. The van der Waals surface area contributed by atoms with Crippen molar-refractivity contribution in [3.05, 3.63) is 40.7 Å². The number of ether oxygens (including phenoxy) is 2. The first kappa shape index (κ1) is 18.1. The van der Waals surface area contributed by atoms with Gasteiger partial charge in [-0.25, -0.2) is 0 Å². The summed E-state index contributed by atoms with van der Waals surface area (Å²) in [6, 6.07) is 6.11. The van der Waals surface area contributed by atoms with Crippen molar-refractivity contribution in [2.24, 2.45) is 5.92 Å². The quantitative estimate of drug-likeness (QED) is 0.830. The highest BCUT2D eigenvalue weighted by Crippen LogP contribution is 2.26. The number of benzene rings is 1. The van der Waals surface area contributed by atoms with Crippen molar-refractivity contribution < 1.29 is 14.3 Å². The van der Waals surface area contributed by atoms with E-state index in [0.29, 0.717) is 43.6 Å². The fraction of sp³-hybridized carbons (Fsp3) is 0.550. The molecule has 2 fully saturated rings. The van der Waals surface area contributed by atoms with E-state index in [1.807, 2.05) is 30.9 Å². The third-order valence-corrected chi connectivity index (χ3v) is 5.41. The Morgan fingerprint density at radius 1 is 1.07 bits per heavy atom. The number of aromatic nitrogens is 3. The van der Waals surface area contributed by atoms with Gasteiger partial charge in [0.05, 0.1) is 24.6 Å². The Labute approximate surface area is 159 Å². The van der Waals surface area contributed by atoms with Crippen LogP contribution in [0.1, 0.15) is 40.2 Å². The highest BCUT2D eigenvalue weighted by atomic mass is 16.7. The Hall–Kier alpha value is -2.25.